The molecule has 88 valence electrons. The summed E-state index contributed by atoms with van der Waals surface area (Å²) >= 11 is 0. The molecule has 1 aromatic carbocycles. The molecule has 1 heterocycles. The van der Waals surface area contributed by atoms with Crippen LogP contribution in [0.25, 0.3) is 0 Å². The second kappa shape index (κ2) is 6.54. The zero-order chi connectivity index (χ0) is 10.5. The monoisotopic (exact) mass is 239 g/mol. The lowest BCUT2D eigenvalue weighted by Crippen LogP contribution is -2.29. The average molecular weight is 240 g/mol. The number of amides is 1. The summed E-state index contributed by atoms with van der Waals surface area (Å²) in [6.07, 6.45) is 4.13. The zero-order valence-electron chi connectivity index (χ0n) is 9.39. The van der Waals surface area contributed by atoms with Crippen molar-refractivity contribution in [2.24, 2.45) is 0 Å². The minimum absolute atomic E-state index is 0. The van der Waals surface area contributed by atoms with Crippen LogP contribution in [0, 0.1) is 0 Å². The molecule has 2 nitrogen and oxygen atoms in total. The van der Waals surface area contributed by atoms with E-state index < -0.39 is 0 Å². The number of hydrogen-bond donors (Lipinski definition) is 0. The molecule has 2 rings (SSSR count). The van der Waals surface area contributed by atoms with E-state index in [1.807, 2.05) is 23.1 Å². The van der Waals surface area contributed by atoms with Gasteiger partial charge in [0.2, 0.25) is 5.91 Å². The fourth-order valence-electron chi connectivity index (χ4n) is 2.01. The van der Waals surface area contributed by atoms with E-state index in [1.165, 1.54) is 12.0 Å². The minimum Gasteiger partial charge on any atom is -0.338 e. The number of carbonyl (C=O) groups is 1. The van der Waals surface area contributed by atoms with E-state index in [0.29, 0.717) is 5.91 Å². The summed E-state index contributed by atoms with van der Waals surface area (Å²) in [7, 11) is 0. The number of halogens is 1. The first-order valence-electron chi connectivity index (χ1n) is 5.68. The Kier molecular flexibility index (Phi) is 5.33. The normalized spacial score (nSPS) is 16.5. The number of likely N-dealkylation sites (tertiary alicyclic amines) is 1. The molecule has 0 atom stereocenters. The van der Waals surface area contributed by atoms with Gasteiger partial charge in [0.15, 0.2) is 0 Å². The molecule has 1 amide bonds. The molecule has 0 spiro atoms. The van der Waals surface area contributed by atoms with E-state index in [2.05, 4.69) is 12.1 Å². The maximum atomic E-state index is 11.7. The molecule has 1 aliphatic rings. The Bertz CT molecular complexity index is 326. The van der Waals surface area contributed by atoms with Crippen LogP contribution in [0.2, 0.25) is 0 Å². The molecule has 1 saturated heterocycles. The van der Waals surface area contributed by atoms with Gasteiger partial charge >= 0.3 is 0 Å². The fourth-order valence-corrected chi connectivity index (χ4v) is 2.01. The maximum Gasteiger partial charge on any atom is 0.222 e. The molecule has 1 aromatic rings. The first-order valence-corrected chi connectivity index (χ1v) is 5.68. The molecule has 1 fully saturated rings. The van der Waals surface area contributed by atoms with Crippen molar-refractivity contribution in [2.75, 3.05) is 6.54 Å². The molecular formula is C13H18ClNO. The van der Waals surface area contributed by atoms with Gasteiger partial charge in [0, 0.05) is 19.5 Å². The SMILES string of the molecule is Cl.O=C1CCCCCN1Cc1ccccc1. The van der Waals surface area contributed by atoms with E-state index in [9.17, 15) is 4.79 Å². The summed E-state index contributed by atoms with van der Waals surface area (Å²) in [5.74, 6) is 0.316. The minimum atomic E-state index is 0. The van der Waals surface area contributed by atoms with Gasteiger partial charge in [0.05, 0.1) is 0 Å². The number of hydrogen-bond acceptors (Lipinski definition) is 1. The van der Waals surface area contributed by atoms with Crippen molar-refractivity contribution in [2.45, 2.75) is 32.2 Å². The number of carbonyl (C=O) groups excluding carboxylic acids is 1. The summed E-state index contributed by atoms with van der Waals surface area (Å²) < 4.78 is 0. The number of rotatable bonds is 2. The molecule has 0 unspecified atom stereocenters. The number of nitrogens with zero attached hydrogens (tertiary/aromatic N) is 1. The third-order valence-electron chi connectivity index (χ3n) is 2.89. The molecule has 0 bridgehead atoms. The largest absolute Gasteiger partial charge is 0.338 e. The lowest BCUT2D eigenvalue weighted by Gasteiger charge is -2.20. The van der Waals surface area contributed by atoms with Gasteiger partial charge in [-0.3, -0.25) is 4.79 Å². The standard InChI is InChI=1S/C13H17NO.ClH/c15-13-9-5-2-6-10-14(13)11-12-7-3-1-4-8-12;/h1,3-4,7-8H,2,5-6,9-11H2;1H. The van der Waals surface area contributed by atoms with Crippen LogP contribution in [0.15, 0.2) is 30.3 Å². The Balaban J connectivity index is 0.00000128. The fraction of sp³-hybridized carbons (Fsp3) is 0.462. The molecule has 0 radical (unpaired) electrons. The summed E-state index contributed by atoms with van der Waals surface area (Å²) in [4.78, 5) is 13.7. The number of benzene rings is 1. The van der Waals surface area contributed by atoms with E-state index in [1.54, 1.807) is 0 Å². The lowest BCUT2D eigenvalue weighted by atomic mass is 10.2. The van der Waals surface area contributed by atoms with E-state index in [4.69, 9.17) is 0 Å². The Morgan fingerprint density at radius 3 is 2.56 bits per heavy atom. The van der Waals surface area contributed by atoms with Gasteiger partial charge in [-0.15, -0.1) is 12.4 Å². The van der Waals surface area contributed by atoms with Crippen LogP contribution in [-0.4, -0.2) is 17.4 Å². The van der Waals surface area contributed by atoms with Gasteiger partial charge in [-0.2, -0.15) is 0 Å². The summed E-state index contributed by atoms with van der Waals surface area (Å²) in [5, 5.41) is 0. The second-order valence-corrected chi connectivity index (χ2v) is 4.11. The summed E-state index contributed by atoms with van der Waals surface area (Å²) in [6, 6.07) is 10.2. The van der Waals surface area contributed by atoms with Gasteiger partial charge in [-0.25, -0.2) is 0 Å². The van der Waals surface area contributed by atoms with Crippen molar-refractivity contribution in [1.29, 1.82) is 0 Å². The average Bonchev–Trinajstić information content (AvgIpc) is 2.46. The molecule has 0 aliphatic carbocycles. The predicted octanol–water partition coefficient (Wildman–Crippen LogP) is 3.01. The Hall–Kier alpha value is -1.02. The van der Waals surface area contributed by atoms with Gasteiger partial charge < -0.3 is 4.90 Å². The molecule has 3 heteroatoms. The predicted molar refractivity (Wildman–Crippen MR) is 67.6 cm³/mol. The lowest BCUT2D eigenvalue weighted by molar-refractivity contribution is -0.131. The molecule has 0 saturated carbocycles. The van der Waals surface area contributed by atoms with Crippen LogP contribution in [0.4, 0.5) is 0 Å². The smallest absolute Gasteiger partial charge is 0.222 e. The van der Waals surface area contributed by atoms with E-state index in [-0.39, 0.29) is 12.4 Å². The topological polar surface area (TPSA) is 20.3 Å². The zero-order valence-corrected chi connectivity index (χ0v) is 10.2. The molecular weight excluding hydrogens is 222 g/mol. The second-order valence-electron chi connectivity index (χ2n) is 4.11. The van der Waals surface area contributed by atoms with Gasteiger partial charge in [0.25, 0.3) is 0 Å². The Labute approximate surface area is 103 Å². The quantitative estimate of drug-likeness (QED) is 0.777. The third-order valence-corrected chi connectivity index (χ3v) is 2.89. The van der Waals surface area contributed by atoms with Crippen LogP contribution >= 0.6 is 12.4 Å². The van der Waals surface area contributed by atoms with Crippen molar-refractivity contribution in [3.05, 3.63) is 35.9 Å². The van der Waals surface area contributed by atoms with Crippen molar-refractivity contribution in [3.63, 3.8) is 0 Å². The Morgan fingerprint density at radius 2 is 1.81 bits per heavy atom. The highest BCUT2D eigenvalue weighted by molar-refractivity contribution is 5.85. The van der Waals surface area contributed by atoms with Crippen molar-refractivity contribution < 1.29 is 4.79 Å². The van der Waals surface area contributed by atoms with Crippen LogP contribution in [0.1, 0.15) is 31.2 Å². The van der Waals surface area contributed by atoms with Gasteiger partial charge in [-0.05, 0) is 18.4 Å². The highest BCUT2D eigenvalue weighted by Crippen LogP contribution is 2.14. The van der Waals surface area contributed by atoms with Crippen molar-refractivity contribution in [1.82, 2.24) is 4.90 Å². The van der Waals surface area contributed by atoms with Crippen molar-refractivity contribution in [3.8, 4) is 0 Å². The summed E-state index contributed by atoms with van der Waals surface area (Å²) in [6.45, 7) is 1.70. The first kappa shape index (κ1) is 13.0. The first-order chi connectivity index (χ1) is 7.36. The third kappa shape index (κ3) is 3.53. The molecule has 0 N–H and O–H groups in total. The molecule has 16 heavy (non-hydrogen) atoms. The van der Waals surface area contributed by atoms with Crippen molar-refractivity contribution >= 4 is 18.3 Å². The van der Waals surface area contributed by atoms with Crippen LogP contribution in [0.5, 0.6) is 0 Å². The Morgan fingerprint density at radius 1 is 1.06 bits per heavy atom. The maximum absolute atomic E-state index is 11.7. The van der Waals surface area contributed by atoms with Crippen LogP contribution in [-0.2, 0) is 11.3 Å². The van der Waals surface area contributed by atoms with E-state index in [0.717, 1.165) is 32.4 Å². The van der Waals surface area contributed by atoms with Gasteiger partial charge in [-0.1, -0.05) is 36.8 Å². The van der Waals surface area contributed by atoms with Crippen LogP contribution < -0.4 is 0 Å². The molecule has 0 aromatic heterocycles. The molecule has 1 aliphatic heterocycles. The highest BCUT2D eigenvalue weighted by Gasteiger charge is 2.16. The summed E-state index contributed by atoms with van der Waals surface area (Å²) in [5.41, 5.74) is 1.23. The van der Waals surface area contributed by atoms with E-state index >= 15 is 0 Å². The van der Waals surface area contributed by atoms with Crippen LogP contribution in [0.3, 0.4) is 0 Å². The highest BCUT2D eigenvalue weighted by atomic mass is 35.5. The van der Waals surface area contributed by atoms with Gasteiger partial charge in [0.1, 0.15) is 0 Å².